The molecule has 1 fully saturated rings. The van der Waals surface area contributed by atoms with Crippen molar-refractivity contribution in [3.05, 3.63) is 6.92 Å². The second kappa shape index (κ2) is 3.74. The van der Waals surface area contributed by atoms with E-state index >= 15 is 0 Å². The van der Waals surface area contributed by atoms with E-state index in [4.69, 9.17) is 0 Å². The maximum atomic E-state index is 11.0. The Labute approximate surface area is 68.6 Å². The van der Waals surface area contributed by atoms with Gasteiger partial charge >= 0.3 is 0 Å². The SMILES string of the molecule is [CH2]CC1CCCN(C(C)=O)C1. The highest BCUT2D eigenvalue weighted by atomic mass is 16.2. The number of amides is 1. The van der Waals surface area contributed by atoms with Gasteiger partial charge in [-0.15, -0.1) is 0 Å². The van der Waals surface area contributed by atoms with Crippen LogP contribution >= 0.6 is 0 Å². The standard InChI is InChI=1S/C9H16NO/c1-3-9-5-4-6-10(7-9)8(2)11/h9H,1,3-7H2,2H3. The van der Waals surface area contributed by atoms with Crippen LogP contribution in [0.5, 0.6) is 0 Å². The van der Waals surface area contributed by atoms with E-state index in [2.05, 4.69) is 6.92 Å². The van der Waals surface area contributed by atoms with Crippen LogP contribution in [0.1, 0.15) is 26.2 Å². The van der Waals surface area contributed by atoms with Crippen molar-refractivity contribution < 1.29 is 4.79 Å². The Hall–Kier alpha value is -0.530. The fourth-order valence-corrected chi connectivity index (χ4v) is 1.59. The molecule has 11 heavy (non-hydrogen) atoms. The van der Waals surface area contributed by atoms with Gasteiger partial charge in [-0.25, -0.2) is 0 Å². The summed E-state index contributed by atoms with van der Waals surface area (Å²) in [5.41, 5.74) is 0. The van der Waals surface area contributed by atoms with Gasteiger partial charge in [0.1, 0.15) is 0 Å². The Morgan fingerprint density at radius 3 is 3.00 bits per heavy atom. The summed E-state index contributed by atoms with van der Waals surface area (Å²) in [6.07, 6.45) is 3.36. The summed E-state index contributed by atoms with van der Waals surface area (Å²) in [5, 5.41) is 0. The number of carbonyl (C=O) groups is 1. The number of piperidine rings is 1. The third-order valence-corrected chi connectivity index (χ3v) is 2.37. The maximum Gasteiger partial charge on any atom is 0.219 e. The van der Waals surface area contributed by atoms with E-state index < -0.39 is 0 Å². The molecular weight excluding hydrogens is 138 g/mol. The van der Waals surface area contributed by atoms with Crippen LogP contribution in [0.2, 0.25) is 0 Å². The zero-order chi connectivity index (χ0) is 8.27. The average Bonchev–Trinajstić information content (AvgIpc) is 2.05. The molecule has 0 spiro atoms. The van der Waals surface area contributed by atoms with Gasteiger partial charge in [-0.3, -0.25) is 4.79 Å². The highest BCUT2D eigenvalue weighted by Gasteiger charge is 2.19. The van der Waals surface area contributed by atoms with Crippen molar-refractivity contribution in [3.8, 4) is 0 Å². The first kappa shape index (κ1) is 8.57. The summed E-state index contributed by atoms with van der Waals surface area (Å²) >= 11 is 0. The zero-order valence-electron chi connectivity index (χ0n) is 7.18. The summed E-state index contributed by atoms with van der Waals surface area (Å²) in [6, 6.07) is 0. The van der Waals surface area contributed by atoms with E-state index in [1.54, 1.807) is 6.92 Å². The number of likely N-dealkylation sites (tertiary alicyclic amines) is 1. The van der Waals surface area contributed by atoms with Crippen LogP contribution in [-0.4, -0.2) is 23.9 Å². The summed E-state index contributed by atoms with van der Waals surface area (Å²) in [6.45, 7) is 7.39. The molecule has 0 aromatic rings. The molecule has 1 atom stereocenters. The Morgan fingerprint density at radius 1 is 1.73 bits per heavy atom. The van der Waals surface area contributed by atoms with Crippen LogP contribution in [0.25, 0.3) is 0 Å². The summed E-state index contributed by atoms with van der Waals surface area (Å²) in [7, 11) is 0. The van der Waals surface area contributed by atoms with Crippen LogP contribution in [0.3, 0.4) is 0 Å². The van der Waals surface area contributed by atoms with E-state index in [-0.39, 0.29) is 5.91 Å². The van der Waals surface area contributed by atoms with Crippen LogP contribution in [0.15, 0.2) is 0 Å². The second-order valence-electron chi connectivity index (χ2n) is 3.26. The molecule has 1 unspecified atom stereocenters. The molecule has 2 nitrogen and oxygen atoms in total. The Bertz CT molecular complexity index is 144. The van der Waals surface area contributed by atoms with E-state index in [0.717, 1.165) is 25.9 Å². The lowest BCUT2D eigenvalue weighted by molar-refractivity contribution is -0.130. The third kappa shape index (κ3) is 2.21. The van der Waals surface area contributed by atoms with Crippen molar-refractivity contribution in [1.29, 1.82) is 0 Å². The first-order valence-electron chi connectivity index (χ1n) is 4.28. The number of rotatable bonds is 1. The minimum Gasteiger partial charge on any atom is -0.343 e. The van der Waals surface area contributed by atoms with Gasteiger partial charge in [0.15, 0.2) is 0 Å². The smallest absolute Gasteiger partial charge is 0.219 e. The lowest BCUT2D eigenvalue weighted by Crippen LogP contribution is -2.38. The number of nitrogens with zero attached hydrogens (tertiary/aromatic N) is 1. The topological polar surface area (TPSA) is 20.3 Å². The molecule has 1 aliphatic heterocycles. The highest BCUT2D eigenvalue weighted by molar-refractivity contribution is 5.73. The summed E-state index contributed by atoms with van der Waals surface area (Å²) in [4.78, 5) is 12.9. The van der Waals surface area contributed by atoms with Gasteiger partial charge < -0.3 is 4.90 Å². The number of hydrogen-bond donors (Lipinski definition) is 0. The van der Waals surface area contributed by atoms with E-state index in [0.29, 0.717) is 5.92 Å². The highest BCUT2D eigenvalue weighted by Crippen LogP contribution is 2.18. The molecule has 0 aromatic heterocycles. The van der Waals surface area contributed by atoms with E-state index in [9.17, 15) is 4.79 Å². The van der Waals surface area contributed by atoms with Crippen LogP contribution in [0.4, 0.5) is 0 Å². The van der Waals surface area contributed by atoms with Crippen LogP contribution in [-0.2, 0) is 4.79 Å². The molecule has 0 aromatic carbocycles. The number of carbonyl (C=O) groups excluding carboxylic acids is 1. The minimum atomic E-state index is 0.211. The molecule has 0 aliphatic carbocycles. The number of hydrogen-bond acceptors (Lipinski definition) is 1. The van der Waals surface area contributed by atoms with Gasteiger partial charge in [-0.1, -0.05) is 6.92 Å². The van der Waals surface area contributed by atoms with E-state index in [1.807, 2.05) is 4.90 Å². The monoisotopic (exact) mass is 154 g/mol. The van der Waals surface area contributed by atoms with E-state index in [1.165, 1.54) is 6.42 Å². The second-order valence-corrected chi connectivity index (χ2v) is 3.26. The van der Waals surface area contributed by atoms with Crippen molar-refractivity contribution in [3.63, 3.8) is 0 Å². The van der Waals surface area contributed by atoms with Crippen molar-refractivity contribution >= 4 is 5.91 Å². The molecule has 1 radical (unpaired) electrons. The molecular formula is C9H16NO. The fourth-order valence-electron chi connectivity index (χ4n) is 1.59. The quantitative estimate of drug-likeness (QED) is 0.560. The Balaban J connectivity index is 2.39. The molecule has 0 N–H and O–H groups in total. The predicted molar refractivity (Wildman–Crippen MR) is 45.0 cm³/mol. The van der Waals surface area contributed by atoms with Crippen molar-refractivity contribution in [2.75, 3.05) is 13.1 Å². The zero-order valence-corrected chi connectivity index (χ0v) is 7.18. The Morgan fingerprint density at radius 2 is 2.45 bits per heavy atom. The first-order valence-corrected chi connectivity index (χ1v) is 4.28. The van der Waals surface area contributed by atoms with Gasteiger partial charge in [0.05, 0.1) is 0 Å². The average molecular weight is 154 g/mol. The maximum absolute atomic E-state index is 11.0. The van der Waals surface area contributed by atoms with Gasteiger partial charge in [0.25, 0.3) is 0 Å². The van der Waals surface area contributed by atoms with Crippen molar-refractivity contribution in [2.24, 2.45) is 5.92 Å². The fraction of sp³-hybridized carbons (Fsp3) is 0.778. The summed E-state index contributed by atoms with van der Waals surface area (Å²) < 4.78 is 0. The first-order chi connectivity index (χ1) is 5.24. The summed E-state index contributed by atoms with van der Waals surface area (Å²) in [5.74, 6) is 0.857. The Kier molecular flexibility index (Phi) is 2.92. The molecule has 0 saturated carbocycles. The van der Waals surface area contributed by atoms with Crippen molar-refractivity contribution in [2.45, 2.75) is 26.2 Å². The van der Waals surface area contributed by atoms with Gasteiger partial charge in [0.2, 0.25) is 5.91 Å². The normalized spacial score (nSPS) is 25.3. The van der Waals surface area contributed by atoms with Crippen LogP contribution in [0, 0.1) is 12.8 Å². The third-order valence-electron chi connectivity index (χ3n) is 2.37. The minimum absolute atomic E-state index is 0.211. The molecule has 1 aliphatic rings. The predicted octanol–water partition coefficient (Wildman–Crippen LogP) is 1.47. The van der Waals surface area contributed by atoms with Gasteiger partial charge in [-0.05, 0) is 25.2 Å². The molecule has 1 rings (SSSR count). The molecule has 1 heterocycles. The molecule has 63 valence electrons. The van der Waals surface area contributed by atoms with Crippen molar-refractivity contribution in [1.82, 2.24) is 4.90 Å². The van der Waals surface area contributed by atoms with Gasteiger partial charge in [0, 0.05) is 20.0 Å². The lowest BCUT2D eigenvalue weighted by Gasteiger charge is -2.31. The van der Waals surface area contributed by atoms with Gasteiger partial charge in [-0.2, -0.15) is 0 Å². The largest absolute Gasteiger partial charge is 0.343 e. The molecule has 1 saturated heterocycles. The lowest BCUT2D eigenvalue weighted by atomic mass is 9.96. The molecule has 0 bridgehead atoms. The van der Waals surface area contributed by atoms with Crippen LogP contribution < -0.4 is 0 Å². The molecule has 1 amide bonds. The molecule has 2 heteroatoms.